The van der Waals surface area contributed by atoms with Gasteiger partial charge in [-0.3, -0.25) is 4.79 Å². The minimum absolute atomic E-state index is 0.294. The van der Waals surface area contributed by atoms with Gasteiger partial charge in [0.2, 0.25) is 5.91 Å². The van der Waals surface area contributed by atoms with Gasteiger partial charge in [0.25, 0.3) is 0 Å². The summed E-state index contributed by atoms with van der Waals surface area (Å²) in [6, 6.07) is 7.00. The van der Waals surface area contributed by atoms with Crippen LogP contribution in [0.15, 0.2) is 28.7 Å². The summed E-state index contributed by atoms with van der Waals surface area (Å²) in [5, 5.41) is 0.854. The van der Waals surface area contributed by atoms with E-state index in [4.69, 9.17) is 1.41 Å². The number of benzene rings is 1. The van der Waals surface area contributed by atoms with Gasteiger partial charge in [0.15, 0.2) is 1.41 Å². The summed E-state index contributed by atoms with van der Waals surface area (Å²) in [4.78, 5) is 10.8. The van der Waals surface area contributed by atoms with Crippen LogP contribution in [0.5, 0.6) is 0 Å². The van der Waals surface area contributed by atoms with Crippen molar-refractivity contribution in [2.75, 3.05) is 5.31 Å². The zero-order valence-corrected chi connectivity index (χ0v) is 7.63. The van der Waals surface area contributed by atoms with Crippen molar-refractivity contribution in [2.24, 2.45) is 0 Å². The van der Waals surface area contributed by atoms with Gasteiger partial charge in [0.1, 0.15) is 0 Å². The highest BCUT2D eigenvalue weighted by atomic mass is 79.9. The van der Waals surface area contributed by atoms with E-state index in [0.717, 1.165) is 9.78 Å². The van der Waals surface area contributed by atoms with Crippen LogP contribution in [0, 0.1) is 0 Å². The summed E-state index contributed by atoms with van der Waals surface area (Å²) in [5.41, 5.74) is 0.575. The third-order valence-corrected chi connectivity index (χ3v) is 1.64. The van der Waals surface area contributed by atoms with Crippen LogP contribution in [0.4, 0.5) is 5.69 Å². The first-order valence-electron chi connectivity index (χ1n) is 3.61. The van der Waals surface area contributed by atoms with Crippen molar-refractivity contribution in [2.45, 2.75) is 6.92 Å². The Balaban J connectivity index is 2.89. The average Bonchev–Trinajstić information content (AvgIpc) is 2.04. The first kappa shape index (κ1) is 6.85. The predicted octanol–water partition coefficient (Wildman–Crippen LogP) is 2.41. The summed E-state index contributed by atoms with van der Waals surface area (Å²) >= 11 is 3.27. The van der Waals surface area contributed by atoms with Gasteiger partial charge in [-0.1, -0.05) is 15.9 Å². The number of anilines is 1. The third kappa shape index (κ3) is 2.72. The molecule has 0 saturated carbocycles. The molecule has 1 aromatic rings. The van der Waals surface area contributed by atoms with Crippen molar-refractivity contribution in [3.63, 3.8) is 0 Å². The number of halogens is 1. The van der Waals surface area contributed by atoms with Crippen LogP contribution in [0.3, 0.4) is 0 Å². The summed E-state index contributed by atoms with van der Waals surface area (Å²) in [6.45, 7) is 1.36. The Kier molecular flexibility index (Phi) is 2.20. The lowest BCUT2D eigenvalue weighted by atomic mass is 10.3. The van der Waals surface area contributed by atoms with Crippen molar-refractivity contribution >= 4 is 27.5 Å². The molecular weight excluding hydrogens is 206 g/mol. The lowest BCUT2D eigenvalue weighted by Crippen LogP contribution is -2.04. The van der Waals surface area contributed by atoms with Gasteiger partial charge in [-0.05, 0) is 24.3 Å². The molecule has 3 heteroatoms. The summed E-state index contributed by atoms with van der Waals surface area (Å²) in [6.07, 6.45) is 0. The second kappa shape index (κ2) is 3.53. The number of rotatable bonds is 1. The van der Waals surface area contributed by atoms with E-state index in [0.29, 0.717) is 5.69 Å². The first-order valence-corrected chi connectivity index (χ1v) is 3.95. The molecule has 0 aliphatic carbocycles. The summed E-state index contributed by atoms with van der Waals surface area (Å²) < 4.78 is 8.24. The summed E-state index contributed by atoms with van der Waals surface area (Å²) in [7, 11) is 0. The lowest BCUT2D eigenvalue weighted by Gasteiger charge is -1.99. The maximum atomic E-state index is 10.8. The van der Waals surface area contributed by atoms with E-state index in [1.165, 1.54) is 6.92 Å². The normalized spacial score (nSPS) is 10.5. The van der Waals surface area contributed by atoms with Crippen molar-refractivity contribution in [1.29, 1.82) is 0 Å². The molecule has 2 nitrogen and oxygen atoms in total. The van der Waals surface area contributed by atoms with Crippen molar-refractivity contribution in [3.8, 4) is 0 Å². The number of hydrogen-bond acceptors (Lipinski definition) is 1. The van der Waals surface area contributed by atoms with Crippen molar-refractivity contribution in [3.05, 3.63) is 28.7 Å². The van der Waals surface area contributed by atoms with E-state index in [9.17, 15) is 4.79 Å². The molecule has 1 N–H and O–H groups in total. The fourth-order valence-corrected chi connectivity index (χ4v) is 0.962. The molecule has 0 saturated heterocycles. The fraction of sp³-hybridized carbons (Fsp3) is 0.125. The fourth-order valence-electron chi connectivity index (χ4n) is 0.697. The molecule has 1 amide bonds. The zero-order chi connectivity index (χ0) is 9.14. The molecule has 0 spiro atoms. The van der Waals surface area contributed by atoms with Gasteiger partial charge in [-0.2, -0.15) is 0 Å². The molecular formula is C8H8BrNO. The number of amides is 1. The quantitative estimate of drug-likeness (QED) is 0.765. The molecule has 0 radical (unpaired) electrons. The molecule has 0 atom stereocenters. The van der Waals surface area contributed by atoms with E-state index in [2.05, 4.69) is 15.9 Å². The minimum Gasteiger partial charge on any atom is -0.326 e. The largest absolute Gasteiger partial charge is 0.326 e. The molecule has 58 valence electrons. The topological polar surface area (TPSA) is 29.1 Å². The van der Waals surface area contributed by atoms with Crippen LogP contribution < -0.4 is 5.31 Å². The highest BCUT2D eigenvalue weighted by Crippen LogP contribution is 2.13. The second-order valence-corrected chi connectivity index (χ2v) is 3.02. The third-order valence-electron chi connectivity index (χ3n) is 1.11. The zero-order valence-electron chi connectivity index (χ0n) is 7.04. The van der Waals surface area contributed by atoms with Crippen LogP contribution in [-0.2, 0) is 4.79 Å². The highest BCUT2D eigenvalue weighted by Gasteiger charge is 1.92. The number of hydrogen-bond donors (Lipinski definition) is 1. The van der Waals surface area contributed by atoms with Gasteiger partial charge in [0, 0.05) is 17.1 Å². The molecule has 0 fully saturated rings. The number of nitrogens with one attached hydrogen (secondary N) is 1. The van der Waals surface area contributed by atoms with Crippen LogP contribution in [0.1, 0.15) is 6.92 Å². The van der Waals surface area contributed by atoms with Gasteiger partial charge in [0.05, 0.1) is 0 Å². The Morgan fingerprint density at radius 1 is 1.55 bits per heavy atom. The van der Waals surface area contributed by atoms with Gasteiger partial charge < -0.3 is 5.31 Å². The van der Waals surface area contributed by atoms with Crippen molar-refractivity contribution < 1.29 is 6.21 Å². The second-order valence-electron chi connectivity index (χ2n) is 2.11. The van der Waals surface area contributed by atoms with Crippen LogP contribution in [-0.4, -0.2) is 5.91 Å². The van der Waals surface area contributed by atoms with Gasteiger partial charge in [-0.15, -0.1) is 0 Å². The Labute approximate surface area is 75.2 Å². The molecule has 0 aliphatic heterocycles. The monoisotopic (exact) mass is 214 g/mol. The van der Waals surface area contributed by atoms with E-state index in [1.54, 1.807) is 24.3 Å². The minimum atomic E-state index is -0.294. The van der Waals surface area contributed by atoms with Crippen LogP contribution in [0.2, 0.25) is 1.41 Å². The summed E-state index contributed by atoms with van der Waals surface area (Å²) in [5.74, 6) is -0.294. The van der Waals surface area contributed by atoms with Crippen LogP contribution in [0.25, 0.3) is 0 Å². The Morgan fingerprint density at radius 2 is 2.09 bits per heavy atom. The van der Waals surface area contributed by atoms with E-state index < -0.39 is 0 Å². The van der Waals surface area contributed by atoms with Gasteiger partial charge in [-0.25, -0.2) is 0 Å². The molecule has 1 rings (SSSR count). The van der Waals surface area contributed by atoms with E-state index in [1.807, 2.05) is 0 Å². The average molecular weight is 215 g/mol. The Morgan fingerprint density at radius 3 is 2.55 bits per heavy atom. The molecule has 1 aromatic carbocycles. The molecule has 0 aromatic heterocycles. The standard InChI is InChI=1S/C8H8BrNO/c1-6(11)10-8-4-2-7(9)3-5-8/h2-5H,1H3,(H,10,11)/i/hD. The van der Waals surface area contributed by atoms with Crippen LogP contribution >= 0.6 is 15.9 Å². The number of carbonyl (C=O) groups excluding carboxylic acids is 1. The smallest absolute Gasteiger partial charge is 0.221 e. The molecule has 0 unspecified atom stereocenters. The Bertz CT molecular complexity index is 286. The molecule has 0 bridgehead atoms. The van der Waals surface area contributed by atoms with Crippen molar-refractivity contribution in [1.82, 2.24) is 0 Å². The maximum Gasteiger partial charge on any atom is 0.221 e. The molecule has 11 heavy (non-hydrogen) atoms. The predicted molar refractivity (Wildman–Crippen MR) is 48.4 cm³/mol. The first-order chi connectivity index (χ1) is 5.61. The lowest BCUT2D eigenvalue weighted by molar-refractivity contribution is -0.114. The van der Waals surface area contributed by atoms with E-state index >= 15 is 0 Å². The van der Waals surface area contributed by atoms with E-state index in [-0.39, 0.29) is 5.91 Å². The Hall–Kier alpha value is -0.830. The van der Waals surface area contributed by atoms with Gasteiger partial charge >= 0.3 is 0 Å². The SMILES string of the molecule is [2H]N(C(C)=O)c1ccc(Br)cc1. The highest BCUT2D eigenvalue weighted by molar-refractivity contribution is 9.10. The number of carbonyl (C=O) groups is 1. The molecule has 0 aliphatic rings. The molecule has 0 heterocycles. The maximum absolute atomic E-state index is 10.8.